The van der Waals surface area contributed by atoms with E-state index in [0.29, 0.717) is 5.92 Å². The lowest BCUT2D eigenvalue weighted by atomic mass is 9.85. The van der Waals surface area contributed by atoms with Crippen LogP contribution in [0.5, 0.6) is 0 Å². The quantitative estimate of drug-likeness (QED) is 0.590. The maximum atomic E-state index is 5.49. The van der Waals surface area contributed by atoms with E-state index in [2.05, 4.69) is 20.4 Å². The molecule has 2 unspecified atom stereocenters. The van der Waals surface area contributed by atoms with E-state index in [4.69, 9.17) is 9.47 Å². The molecule has 1 aliphatic heterocycles. The molecule has 2 heteroatoms. The zero-order valence-corrected chi connectivity index (χ0v) is 8.39. The third-order valence-corrected chi connectivity index (χ3v) is 2.85. The van der Waals surface area contributed by atoms with Crippen LogP contribution in [-0.2, 0) is 9.47 Å². The maximum absolute atomic E-state index is 5.49. The zero-order chi connectivity index (χ0) is 9.35. The summed E-state index contributed by atoms with van der Waals surface area (Å²) in [7, 11) is 1.73. The minimum atomic E-state index is -0.151. The molecular weight excluding hydrogens is 152 g/mol. The second-order valence-corrected chi connectivity index (χ2v) is 3.91. The first-order valence-electron chi connectivity index (χ1n) is 4.34. The van der Waals surface area contributed by atoms with Gasteiger partial charge >= 0.3 is 0 Å². The molecular formula is C10H18O2. The van der Waals surface area contributed by atoms with Crippen molar-refractivity contribution in [1.82, 2.24) is 0 Å². The summed E-state index contributed by atoms with van der Waals surface area (Å²) >= 11 is 0. The summed E-state index contributed by atoms with van der Waals surface area (Å²) in [6, 6.07) is 0. The average Bonchev–Trinajstić information content (AvgIpc) is 2.33. The first-order chi connectivity index (χ1) is 5.49. The molecule has 0 bridgehead atoms. The minimum Gasteiger partial charge on any atom is -0.378 e. The summed E-state index contributed by atoms with van der Waals surface area (Å²) in [5, 5.41) is 0. The van der Waals surface area contributed by atoms with E-state index in [9.17, 15) is 0 Å². The molecule has 1 heterocycles. The fourth-order valence-electron chi connectivity index (χ4n) is 1.53. The van der Waals surface area contributed by atoms with Gasteiger partial charge in [-0.2, -0.15) is 0 Å². The van der Waals surface area contributed by atoms with E-state index in [1.165, 1.54) is 0 Å². The Labute approximate surface area is 74.6 Å². The van der Waals surface area contributed by atoms with Gasteiger partial charge in [0.15, 0.2) is 0 Å². The summed E-state index contributed by atoms with van der Waals surface area (Å²) < 4.78 is 10.9. The Balaban J connectivity index is 2.71. The van der Waals surface area contributed by atoms with Crippen molar-refractivity contribution < 1.29 is 9.47 Å². The van der Waals surface area contributed by atoms with Crippen LogP contribution in [0.4, 0.5) is 0 Å². The third-order valence-electron chi connectivity index (χ3n) is 2.85. The number of hydrogen-bond acceptors (Lipinski definition) is 2. The molecule has 0 saturated carbocycles. The van der Waals surface area contributed by atoms with Crippen molar-refractivity contribution in [2.75, 3.05) is 13.7 Å². The Morgan fingerprint density at radius 2 is 2.17 bits per heavy atom. The molecule has 70 valence electrons. The molecule has 1 rings (SSSR count). The van der Waals surface area contributed by atoms with E-state index >= 15 is 0 Å². The molecule has 1 saturated heterocycles. The van der Waals surface area contributed by atoms with Crippen LogP contribution in [-0.4, -0.2) is 25.4 Å². The Kier molecular flexibility index (Phi) is 2.59. The molecule has 0 aromatic heterocycles. The molecule has 2 nitrogen and oxygen atoms in total. The monoisotopic (exact) mass is 170 g/mol. The van der Waals surface area contributed by atoms with Gasteiger partial charge in [-0.05, 0) is 26.3 Å². The van der Waals surface area contributed by atoms with Crippen LogP contribution in [0.15, 0.2) is 12.2 Å². The summed E-state index contributed by atoms with van der Waals surface area (Å²) in [5.41, 5.74) is 1.00. The number of rotatable bonds is 2. The van der Waals surface area contributed by atoms with Crippen LogP contribution in [0, 0.1) is 5.92 Å². The van der Waals surface area contributed by atoms with Crippen molar-refractivity contribution in [1.29, 1.82) is 0 Å². The van der Waals surface area contributed by atoms with Crippen LogP contribution in [0.25, 0.3) is 0 Å². The highest BCUT2D eigenvalue weighted by atomic mass is 16.5. The van der Waals surface area contributed by atoms with Crippen LogP contribution >= 0.6 is 0 Å². The Morgan fingerprint density at radius 3 is 2.50 bits per heavy atom. The highest BCUT2D eigenvalue weighted by Gasteiger charge is 2.38. The molecule has 0 radical (unpaired) electrons. The topological polar surface area (TPSA) is 18.5 Å². The van der Waals surface area contributed by atoms with Gasteiger partial charge in [-0.15, -0.1) is 0 Å². The van der Waals surface area contributed by atoms with Crippen LogP contribution in [0.3, 0.4) is 0 Å². The largest absolute Gasteiger partial charge is 0.378 e. The lowest BCUT2D eigenvalue weighted by Crippen LogP contribution is -2.34. The summed E-state index contributed by atoms with van der Waals surface area (Å²) in [6.45, 7) is 10.9. The lowest BCUT2D eigenvalue weighted by molar-refractivity contribution is -0.0237. The fourth-order valence-corrected chi connectivity index (χ4v) is 1.53. The van der Waals surface area contributed by atoms with E-state index in [-0.39, 0.29) is 11.7 Å². The predicted molar refractivity (Wildman–Crippen MR) is 49.1 cm³/mol. The Hall–Kier alpha value is -0.340. The van der Waals surface area contributed by atoms with Gasteiger partial charge in [0.25, 0.3) is 0 Å². The number of ether oxygens (including phenoxy) is 2. The van der Waals surface area contributed by atoms with Crippen molar-refractivity contribution in [2.45, 2.75) is 32.5 Å². The molecule has 0 N–H and O–H groups in total. The van der Waals surface area contributed by atoms with Crippen molar-refractivity contribution in [3.05, 3.63) is 12.2 Å². The van der Waals surface area contributed by atoms with Gasteiger partial charge in [0.05, 0.1) is 18.3 Å². The van der Waals surface area contributed by atoms with Gasteiger partial charge in [-0.3, -0.25) is 0 Å². The highest BCUT2D eigenvalue weighted by Crippen LogP contribution is 2.34. The zero-order valence-electron chi connectivity index (χ0n) is 8.39. The lowest BCUT2D eigenvalue weighted by Gasteiger charge is -2.29. The van der Waals surface area contributed by atoms with Crippen molar-refractivity contribution in [3.8, 4) is 0 Å². The molecule has 0 amide bonds. The molecule has 1 fully saturated rings. The Bertz CT molecular complexity index is 184. The second-order valence-electron chi connectivity index (χ2n) is 3.91. The normalized spacial score (nSPS) is 31.2. The molecule has 0 aliphatic carbocycles. The van der Waals surface area contributed by atoms with E-state index in [0.717, 1.165) is 12.2 Å². The van der Waals surface area contributed by atoms with Crippen LogP contribution < -0.4 is 0 Å². The van der Waals surface area contributed by atoms with Gasteiger partial charge < -0.3 is 9.47 Å². The average molecular weight is 170 g/mol. The summed E-state index contributed by atoms with van der Waals surface area (Å²) in [5.74, 6) is 0.331. The summed E-state index contributed by atoms with van der Waals surface area (Å²) in [6.07, 6.45) is 0.185. The van der Waals surface area contributed by atoms with E-state index < -0.39 is 0 Å². The van der Waals surface area contributed by atoms with Crippen molar-refractivity contribution in [3.63, 3.8) is 0 Å². The van der Waals surface area contributed by atoms with Crippen molar-refractivity contribution >= 4 is 0 Å². The summed E-state index contributed by atoms with van der Waals surface area (Å²) in [4.78, 5) is 0. The van der Waals surface area contributed by atoms with Gasteiger partial charge in [0.2, 0.25) is 0 Å². The fraction of sp³-hybridized carbons (Fsp3) is 0.800. The van der Waals surface area contributed by atoms with E-state index in [1.807, 2.05) is 6.92 Å². The molecule has 0 aromatic rings. The number of methoxy groups -OCH3 is 1. The number of hydrogen-bond donors (Lipinski definition) is 0. The minimum absolute atomic E-state index is 0.151. The van der Waals surface area contributed by atoms with Gasteiger partial charge in [-0.1, -0.05) is 6.58 Å². The van der Waals surface area contributed by atoms with Gasteiger partial charge in [0.1, 0.15) is 0 Å². The molecule has 0 spiro atoms. The van der Waals surface area contributed by atoms with Gasteiger partial charge in [0, 0.05) is 13.0 Å². The van der Waals surface area contributed by atoms with E-state index in [1.54, 1.807) is 7.11 Å². The molecule has 1 aliphatic rings. The first kappa shape index (κ1) is 9.75. The third kappa shape index (κ3) is 1.54. The predicted octanol–water partition coefficient (Wildman–Crippen LogP) is 2.00. The SMILES string of the molecule is C=C1C(C)OCC1C(C)(C)OC. The standard InChI is InChI=1S/C10H18O2/c1-7-8(2)12-6-9(7)10(3,4)11-5/h8-9H,1,6H2,2-5H3. The smallest absolute Gasteiger partial charge is 0.0759 e. The Morgan fingerprint density at radius 1 is 1.58 bits per heavy atom. The second kappa shape index (κ2) is 3.19. The highest BCUT2D eigenvalue weighted by molar-refractivity contribution is 5.15. The maximum Gasteiger partial charge on any atom is 0.0759 e. The first-order valence-corrected chi connectivity index (χ1v) is 4.34. The van der Waals surface area contributed by atoms with Crippen LogP contribution in [0.1, 0.15) is 20.8 Å². The molecule has 0 aromatic carbocycles. The molecule has 2 atom stereocenters. The van der Waals surface area contributed by atoms with Crippen molar-refractivity contribution in [2.24, 2.45) is 5.92 Å². The van der Waals surface area contributed by atoms with Gasteiger partial charge in [-0.25, -0.2) is 0 Å². The molecule has 12 heavy (non-hydrogen) atoms. The van der Waals surface area contributed by atoms with Crippen LogP contribution in [0.2, 0.25) is 0 Å².